The molecule has 0 bridgehead atoms. The van der Waals surface area contributed by atoms with Crippen LogP contribution in [-0.2, 0) is 0 Å². The van der Waals surface area contributed by atoms with Gasteiger partial charge in [-0.1, -0.05) is 153 Å². The minimum absolute atomic E-state index is 0.294. The molecule has 5 nitrogen and oxygen atoms in total. The van der Waals surface area contributed by atoms with E-state index in [1.54, 1.807) is 0 Å². The van der Waals surface area contributed by atoms with Crippen LogP contribution < -0.4 is 5.32 Å². The lowest BCUT2D eigenvalue weighted by Gasteiger charge is -2.25. The highest BCUT2D eigenvalue weighted by atomic mass is 16.3. The van der Waals surface area contributed by atoms with Gasteiger partial charge in [-0.15, -0.1) is 0 Å². The van der Waals surface area contributed by atoms with E-state index in [2.05, 4.69) is 181 Å². The van der Waals surface area contributed by atoms with Crippen LogP contribution in [0.1, 0.15) is 89.5 Å². The standard InChI is InChI=1S/C53H42N4O/c1-33-15-11-27-45-48-34(2)29-40(42-25-14-26-44-43-24-9-10-28-47(43)58-50(42)44)32-46(48)57(49(33)45)41-23-13-22-39(31-41)53-55-51(36-18-7-4-8-19-36)54-52(56-53)38-21-12-20-37(30-38)35-16-5-3-6-17-35/h3-14,16-28,30-34,51H,15,29H2,1-2H3,(H,54,55,56). The summed E-state index contributed by atoms with van der Waals surface area (Å²) in [6, 6.07) is 53.3. The molecule has 2 aromatic heterocycles. The van der Waals surface area contributed by atoms with E-state index in [0.29, 0.717) is 17.7 Å². The minimum Gasteiger partial charge on any atom is -0.455 e. The highest BCUT2D eigenvalue weighted by Crippen LogP contribution is 2.48. The molecule has 1 N–H and O–H groups in total. The number of hydrogen-bond donors (Lipinski definition) is 1. The number of allylic oxidation sites excluding steroid dienone is 2. The molecule has 8 aromatic rings. The van der Waals surface area contributed by atoms with Gasteiger partial charge >= 0.3 is 0 Å². The summed E-state index contributed by atoms with van der Waals surface area (Å²) in [7, 11) is 0. The van der Waals surface area contributed by atoms with Crippen molar-refractivity contribution < 1.29 is 4.42 Å². The molecule has 3 aliphatic rings. The molecule has 6 aromatic carbocycles. The molecule has 0 amide bonds. The molecule has 3 atom stereocenters. The van der Waals surface area contributed by atoms with Gasteiger partial charge in [0.1, 0.15) is 23.2 Å². The van der Waals surface area contributed by atoms with E-state index in [-0.39, 0.29) is 6.17 Å². The molecule has 3 heterocycles. The van der Waals surface area contributed by atoms with E-state index in [4.69, 9.17) is 14.4 Å². The van der Waals surface area contributed by atoms with Crippen LogP contribution >= 0.6 is 0 Å². The Hall–Kier alpha value is -6.98. The van der Waals surface area contributed by atoms with Gasteiger partial charge in [0.05, 0.1) is 5.69 Å². The van der Waals surface area contributed by atoms with E-state index in [1.807, 2.05) is 12.1 Å². The first kappa shape index (κ1) is 34.3. The number of nitrogens with zero attached hydrogens (tertiary/aromatic N) is 3. The lowest BCUT2D eigenvalue weighted by molar-refractivity contribution is 0.666. The Balaban J connectivity index is 1.06. The number of nitrogens with one attached hydrogen (secondary N) is 1. The maximum Gasteiger partial charge on any atom is 0.159 e. The van der Waals surface area contributed by atoms with Gasteiger partial charge in [-0.3, -0.25) is 0 Å². The summed E-state index contributed by atoms with van der Waals surface area (Å²) >= 11 is 0. The summed E-state index contributed by atoms with van der Waals surface area (Å²) in [6.07, 6.45) is 8.81. The largest absolute Gasteiger partial charge is 0.455 e. The van der Waals surface area contributed by atoms with Crippen molar-refractivity contribution in [2.24, 2.45) is 9.98 Å². The fourth-order valence-corrected chi connectivity index (χ4v) is 9.38. The number of aliphatic imine (C=N–C) groups is 2. The van der Waals surface area contributed by atoms with Crippen molar-refractivity contribution in [1.82, 2.24) is 9.88 Å². The Labute approximate surface area is 338 Å². The Kier molecular flexibility index (Phi) is 8.21. The molecule has 58 heavy (non-hydrogen) atoms. The number of aromatic nitrogens is 1. The molecule has 11 rings (SSSR count). The van der Waals surface area contributed by atoms with Crippen LogP contribution in [0.15, 0.2) is 172 Å². The van der Waals surface area contributed by atoms with Gasteiger partial charge in [-0.2, -0.15) is 0 Å². The average molecular weight is 751 g/mol. The summed E-state index contributed by atoms with van der Waals surface area (Å²) in [5.41, 5.74) is 16.3. The summed E-state index contributed by atoms with van der Waals surface area (Å²) in [4.78, 5) is 10.5. The SMILES string of the molecule is CC1CC(c2cccc3c2oc2ccccc23)=Cc2c1c1c(n2-c2cccc(C3=NC(c4ccccc4)NC(c4cccc(-c5ccccc5)c4)=N3)c2)C(C)CC=C1. The van der Waals surface area contributed by atoms with Gasteiger partial charge in [0, 0.05) is 44.8 Å². The van der Waals surface area contributed by atoms with E-state index in [0.717, 1.165) is 68.6 Å². The lowest BCUT2D eigenvalue weighted by atomic mass is 9.81. The highest BCUT2D eigenvalue weighted by Gasteiger charge is 2.33. The monoisotopic (exact) mass is 750 g/mol. The Morgan fingerprint density at radius 2 is 1.40 bits per heavy atom. The van der Waals surface area contributed by atoms with Crippen LogP contribution in [0.5, 0.6) is 0 Å². The third-order valence-corrected chi connectivity index (χ3v) is 12.1. The molecular weight excluding hydrogens is 709 g/mol. The number of benzene rings is 6. The van der Waals surface area contributed by atoms with Crippen LogP contribution in [0.2, 0.25) is 0 Å². The van der Waals surface area contributed by atoms with Crippen molar-refractivity contribution in [2.45, 2.75) is 44.7 Å². The molecule has 0 saturated carbocycles. The van der Waals surface area contributed by atoms with Crippen molar-refractivity contribution >= 4 is 51.3 Å². The number of rotatable bonds is 6. The van der Waals surface area contributed by atoms with Crippen molar-refractivity contribution in [3.05, 3.63) is 203 Å². The summed E-state index contributed by atoms with van der Waals surface area (Å²) in [5.74, 6) is 2.19. The van der Waals surface area contributed by atoms with E-state index in [1.165, 1.54) is 39.2 Å². The number of para-hydroxylation sites is 2. The molecular formula is C53H42N4O. The van der Waals surface area contributed by atoms with Crippen molar-refractivity contribution in [1.29, 1.82) is 0 Å². The van der Waals surface area contributed by atoms with Crippen LogP contribution in [0.3, 0.4) is 0 Å². The second-order valence-corrected chi connectivity index (χ2v) is 15.9. The zero-order chi connectivity index (χ0) is 38.7. The predicted octanol–water partition coefficient (Wildman–Crippen LogP) is 13.1. The van der Waals surface area contributed by atoms with Gasteiger partial charge in [-0.25, -0.2) is 9.98 Å². The number of fused-ring (bicyclic) bond motifs is 6. The average Bonchev–Trinajstić information content (AvgIpc) is 3.84. The quantitative estimate of drug-likeness (QED) is 0.184. The van der Waals surface area contributed by atoms with Crippen LogP contribution in [0.25, 0.3) is 56.5 Å². The number of furan rings is 1. The van der Waals surface area contributed by atoms with E-state index in [9.17, 15) is 0 Å². The van der Waals surface area contributed by atoms with E-state index >= 15 is 0 Å². The fraction of sp³-hybridized carbons (Fsp3) is 0.132. The molecule has 280 valence electrons. The maximum absolute atomic E-state index is 6.58. The summed E-state index contributed by atoms with van der Waals surface area (Å²) in [5, 5.41) is 5.99. The summed E-state index contributed by atoms with van der Waals surface area (Å²) < 4.78 is 9.11. The van der Waals surface area contributed by atoms with Crippen molar-refractivity contribution in [3.8, 4) is 16.8 Å². The molecule has 2 aliphatic carbocycles. The molecule has 3 unspecified atom stereocenters. The second-order valence-electron chi connectivity index (χ2n) is 15.9. The minimum atomic E-state index is -0.294. The third-order valence-electron chi connectivity index (χ3n) is 12.1. The Morgan fingerprint density at radius 1 is 0.672 bits per heavy atom. The topological polar surface area (TPSA) is 54.8 Å². The van der Waals surface area contributed by atoms with Crippen molar-refractivity contribution in [3.63, 3.8) is 0 Å². The zero-order valence-electron chi connectivity index (χ0n) is 32.6. The fourth-order valence-electron chi connectivity index (χ4n) is 9.38. The number of hydrogen-bond acceptors (Lipinski definition) is 4. The van der Waals surface area contributed by atoms with Gasteiger partial charge in [0.25, 0.3) is 0 Å². The first-order valence-electron chi connectivity index (χ1n) is 20.4. The first-order chi connectivity index (χ1) is 28.6. The van der Waals surface area contributed by atoms with Gasteiger partial charge in [0.2, 0.25) is 0 Å². The number of amidine groups is 2. The molecule has 5 heteroatoms. The first-order valence-corrected chi connectivity index (χ1v) is 20.4. The Bertz CT molecular complexity index is 3020. The summed E-state index contributed by atoms with van der Waals surface area (Å²) in [6.45, 7) is 4.75. The molecule has 0 fully saturated rings. The lowest BCUT2D eigenvalue weighted by Crippen LogP contribution is -2.33. The smallest absolute Gasteiger partial charge is 0.159 e. The normalized spacial score (nSPS) is 18.6. The van der Waals surface area contributed by atoms with E-state index < -0.39 is 0 Å². The zero-order valence-corrected chi connectivity index (χ0v) is 32.6. The van der Waals surface area contributed by atoms with Crippen LogP contribution in [-0.4, -0.2) is 16.2 Å². The van der Waals surface area contributed by atoms with Gasteiger partial charge < -0.3 is 14.3 Å². The predicted molar refractivity (Wildman–Crippen MR) is 240 cm³/mol. The van der Waals surface area contributed by atoms with Crippen LogP contribution in [0, 0.1) is 0 Å². The Morgan fingerprint density at radius 3 is 2.28 bits per heavy atom. The highest BCUT2D eigenvalue weighted by molar-refractivity contribution is 6.13. The molecule has 0 spiro atoms. The van der Waals surface area contributed by atoms with Gasteiger partial charge in [-0.05, 0) is 82.5 Å². The van der Waals surface area contributed by atoms with Gasteiger partial charge in [0.15, 0.2) is 5.84 Å². The second kappa shape index (κ2) is 13.9. The molecule has 1 aliphatic heterocycles. The maximum atomic E-state index is 6.58. The molecule has 0 saturated heterocycles. The van der Waals surface area contributed by atoms with Crippen LogP contribution in [0.4, 0.5) is 0 Å². The third kappa shape index (κ3) is 5.77. The molecule has 0 radical (unpaired) electrons. The van der Waals surface area contributed by atoms with Crippen molar-refractivity contribution in [2.75, 3.05) is 0 Å².